The molecule has 0 radical (unpaired) electrons. The van der Waals surface area contributed by atoms with Gasteiger partial charge in [-0.15, -0.1) is 18.3 Å². The van der Waals surface area contributed by atoms with Crippen LogP contribution in [0.1, 0.15) is 88.2 Å². The summed E-state index contributed by atoms with van der Waals surface area (Å²) in [6, 6.07) is 21.5. The zero-order chi connectivity index (χ0) is 44.0. The molecule has 0 spiro atoms. The van der Waals surface area contributed by atoms with Crippen LogP contribution >= 0.6 is 11.8 Å². The number of hydrogen-bond acceptors (Lipinski definition) is 11. The highest BCUT2D eigenvalue weighted by Gasteiger charge is 2.65. The third-order valence-corrected chi connectivity index (χ3v) is 13.5. The van der Waals surface area contributed by atoms with Gasteiger partial charge in [0.05, 0.1) is 38.1 Å². The van der Waals surface area contributed by atoms with E-state index in [0.29, 0.717) is 49.5 Å². The van der Waals surface area contributed by atoms with E-state index in [1.54, 1.807) is 41.8 Å². The summed E-state index contributed by atoms with van der Waals surface area (Å²) in [5.74, 6) is -0.402. The molecular formula is C50H63FN2O9S. The van der Waals surface area contributed by atoms with Crippen molar-refractivity contribution in [1.82, 2.24) is 4.90 Å². The molecule has 11 nitrogen and oxygen atoms in total. The van der Waals surface area contributed by atoms with E-state index in [2.05, 4.69) is 30.9 Å². The van der Waals surface area contributed by atoms with E-state index in [1.807, 2.05) is 30.3 Å². The van der Waals surface area contributed by atoms with Crippen molar-refractivity contribution in [2.45, 2.75) is 107 Å². The fourth-order valence-electron chi connectivity index (χ4n) is 9.79. The zero-order valence-corrected chi connectivity index (χ0v) is 37.2. The number of carbonyl (C=O) groups excluding carboxylic acids is 1. The molecule has 1 amide bonds. The Morgan fingerprint density at radius 1 is 1.03 bits per heavy atom. The van der Waals surface area contributed by atoms with Crippen molar-refractivity contribution in [3.63, 3.8) is 0 Å². The average Bonchev–Trinajstić information content (AvgIpc) is 3.31. The van der Waals surface area contributed by atoms with Crippen LogP contribution < -0.4 is 9.47 Å². The fraction of sp³-hybridized carbons (Fsp3) is 0.520. The van der Waals surface area contributed by atoms with Gasteiger partial charge in [-0.3, -0.25) is 4.90 Å². The van der Waals surface area contributed by atoms with Crippen LogP contribution in [0.15, 0.2) is 107 Å². The van der Waals surface area contributed by atoms with Gasteiger partial charge >= 0.3 is 6.09 Å². The number of fused-ring (bicyclic) bond motifs is 2. The third kappa shape index (κ3) is 11.3. The van der Waals surface area contributed by atoms with Crippen LogP contribution in [-0.4, -0.2) is 90.4 Å². The summed E-state index contributed by atoms with van der Waals surface area (Å²) in [6.45, 7) is 7.38. The standard InChI is InChI=1S/C50H63FN2O9S/c1-3-27-60-50-45(53(49(56)57-4-2)34-35-19-21-37(51)22-20-35)33-43(52-62-46-18-10-13-28-59-46)41-31-36(14-8-11-25-54)40(17-9-12-26-55)47(48(41)50)42-32-38(23-24-44(42)61-50)58-29-30-63-39-15-6-5-7-16-39/h3,5-7,15-16,19-24,31-32,36,40,45-48,54-55H,1,4,8-14,17-18,25-30,33-34H2,2H3/t36-,40+,45-,46?,47+,48+,50+/m0/s1. The van der Waals surface area contributed by atoms with Gasteiger partial charge in [-0.05, 0) is 111 Å². The Hall–Kier alpha value is -4.40. The number of hydrogen-bond donors (Lipinski definition) is 2. The van der Waals surface area contributed by atoms with Gasteiger partial charge < -0.3 is 38.7 Å². The number of halogens is 1. The molecule has 13 heteroatoms. The minimum absolute atomic E-state index is 0.0398. The normalized spacial score (nSPS) is 25.5. The number of nitrogens with zero attached hydrogens (tertiary/aromatic N) is 2. The molecule has 3 aromatic rings. The average molecular weight is 887 g/mol. The van der Waals surface area contributed by atoms with Gasteiger partial charge in [0.1, 0.15) is 23.4 Å². The van der Waals surface area contributed by atoms with Gasteiger partial charge in [0.25, 0.3) is 0 Å². The number of oxime groups is 1. The highest BCUT2D eigenvalue weighted by atomic mass is 32.2. The van der Waals surface area contributed by atoms with Gasteiger partial charge in [-0.25, -0.2) is 9.18 Å². The number of allylic oxidation sites excluding steroid dienone is 1. The van der Waals surface area contributed by atoms with Gasteiger partial charge in [0.2, 0.25) is 12.1 Å². The predicted molar refractivity (Wildman–Crippen MR) is 241 cm³/mol. The van der Waals surface area contributed by atoms with Crippen molar-refractivity contribution in [3.8, 4) is 11.5 Å². The first-order chi connectivity index (χ1) is 30.9. The second-order valence-corrected chi connectivity index (χ2v) is 17.8. The Kier molecular flexibility index (Phi) is 17.0. The molecule has 1 saturated carbocycles. The molecule has 0 bridgehead atoms. The molecule has 1 unspecified atom stereocenters. The van der Waals surface area contributed by atoms with Crippen LogP contribution in [0.3, 0.4) is 0 Å². The van der Waals surface area contributed by atoms with Crippen molar-refractivity contribution in [1.29, 1.82) is 0 Å². The second kappa shape index (κ2) is 23.0. The Morgan fingerprint density at radius 2 is 1.83 bits per heavy atom. The van der Waals surface area contributed by atoms with E-state index in [9.17, 15) is 19.4 Å². The molecule has 7 rings (SSSR count). The molecule has 63 heavy (non-hydrogen) atoms. The largest absolute Gasteiger partial charge is 0.493 e. The number of thioether (sulfide) groups is 1. The summed E-state index contributed by atoms with van der Waals surface area (Å²) < 4.78 is 47.0. The van der Waals surface area contributed by atoms with Crippen LogP contribution in [0.2, 0.25) is 0 Å². The van der Waals surface area contributed by atoms with E-state index >= 15 is 0 Å². The maximum atomic E-state index is 14.4. The number of carbonyl (C=O) groups is 1. The van der Waals surface area contributed by atoms with E-state index in [-0.39, 0.29) is 63.0 Å². The minimum Gasteiger partial charge on any atom is -0.493 e. The molecule has 3 aromatic carbocycles. The van der Waals surface area contributed by atoms with Crippen LogP contribution in [0, 0.1) is 23.6 Å². The number of ether oxygens (including phenoxy) is 5. The summed E-state index contributed by atoms with van der Waals surface area (Å²) in [6.07, 6.45) is 10.3. The topological polar surface area (TPSA) is 129 Å². The van der Waals surface area contributed by atoms with Gasteiger partial charge in [-0.1, -0.05) is 60.5 Å². The molecule has 2 aliphatic carbocycles. The highest BCUT2D eigenvalue weighted by molar-refractivity contribution is 7.99. The van der Waals surface area contributed by atoms with Gasteiger partial charge in [-0.2, -0.15) is 0 Å². The Balaban J connectivity index is 1.39. The van der Waals surface area contributed by atoms with Crippen molar-refractivity contribution in [2.24, 2.45) is 22.9 Å². The molecular weight excluding hydrogens is 824 g/mol. The third-order valence-electron chi connectivity index (χ3n) is 12.6. The molecule has 2 N–H and O–H groups in total. The number of benzene rings is 3. The number of aliphatic hydroxyl groups is 2. The zero-order valence-electron chi connectivity index (χ0n) is 36.4. The number of aliphatic hydroxyl groups excluding tert-OH is 2. The van der Waals surface area contributed by atoms with Crippen molar-refractivity contribution in [2.75, 3.05) is 45.4 Å². The lowest BCUT2D eigenvalue weighted by Gasteiger charge is -2.59. The summed E-state index contributed by atoms with van der Waals surface area (Å²) in [7, 11) is 0. The molecule has 0 aromatic heterocycles. The lowest BCUT2D eigenvalue weighted by atomic mass is 9.55. The molecule has 7 atom stereocenters. The molecule has 1 saturated heterocycles. The molecule has 340 valence electrons. The highest BCUT2D eigenvalue weighted by Crippen LogP contribution is 2.62. The molecule has 4 aliphatic rings. The predicted octanol–water partition coefficient (Wildman–Crippen LogP) is 9.82. The first-order valence-corrected chi connectivity index (χ1v) is 23.7. The fourth-order valence-corrected chi connectivity index (χ4v) is 10.5. The number of rotatable bonds is 22. The summed E-state index contributed by atoms with van der Waals surface area (Å²) in [5.41, 5.74) is 3.25. The number of amides is 1. The maximum absolute atomic E-state index is 14.4. The Bertz CT molecular complexity index is 1990. The van der Waals surface area contributed by atoms with Crippen molar-refractivity contribution in [3.05, 3.63) is 114 Å². The SMILES string of the molecule is C=CCO[C@@]12Oc3ccc(OCCSc4ccccc4)cc3[C@H]3[C@H](CCCCO)[C@@H](CCCCO)C=C(C(=NOC4CCCCO4)C[C@@H]1N(Cc1ccc(F)cc1)C(=O)OCC)[C@H]32. The Morgan fingerprint density at radius 3 is 2.56 bits per heavy atom. The lowest BCUT2D eigenvalue weighted by Crippen LogP contribution is -2.70. The van der Waals surface area contributed by atoms with E-state index in [0.717, 1.165) is 61.2 Å². The van der Waals surface area contributed by atoms with E-state index < -0.39 is 30.1 Å². The first-order valence-electron chi connectivity index (χ1n) is 22.7. The van der Waals surface area contributed by atoms with E-state index in [4.69, 9.17) is 33.7 Å². The molecule has 2 heterocycles. The quantitative estimate of drug-likeness (QED) is 0.0436. The van der Waals surface area contributed by atoms with Crippen molar-refractivity contribution >= 4 is 23.6 Å². The van der Waals surface area contributed by atoms with Crippen LogP contribution in [-0.2, 0) is 25.6 Å². The molecule has 2 fully saturated rings. The minimum atomic E-state index is -1.48. The van der Waals surface area contributed by atoms with Crippen LogP contribution in [0.5, 0.6) is 11.5 Å². The summed E-state index contributed by atoms with van der Waals surface area (Å²) >= 11 is 1.74. The first kappa shape index (κ1) is 46.6. The summed E-state index contributed by atoms with van der Waals surface area (Å²) in [5, 5.41) is 24.9. The van der Waals surface area contributed by atoms with E-state index in [1.165, 1.54) is 17.0 Å². The monoisotopic (exact) mass is 886 g/mol. The van der Waals surface area contributed by atoms with Gasteiger partial charge in [0, 0.05) is 54.7 Å². The Labute approximate surface area is 375 Å². The lowest BCUT2D eigenvalue weighted by molar-refractivity contribution is -0.256. The number of unbranched alkanes of at least 4 members (excludes halogenated alkanes) is 2. The molecule has 2 aliphatic heterocycles. The maximum Gasteiger partial charge on any atom is 0.410 e. The van der Waals surface area contributed by atoms with Crippen LogP contribution in [0.4, 0.5) is 9.18 Å². The van der Waals surface area contributed by atoms with Gasteiger partial charge in [0.15, 0.2) is 0 Å². The van der Waals surface area contributed by atoms with Crippen LogP contribution in [0.25, 0.3) is 0 Å². The summed E-state index contributed by atoms with van der Waals surface area (Å²) in [4.78, 5) is 23.5. The smallest absolute Gasteiger partial charge is 0.410 e. The van der Waals surface area contributed by atoms with Crippen molar-refractivity contribution < 1.29 is 47.9 Å². The second-order valence-electron chi connectivity index (χ2n) is 16.6.